The summed E-state index contributed by atoms with van der Waals surface area (Å²) in [6.45, 7) is 7.75. The monoisotopic (exact) mass is 290 g/mol. The van der Waals surface area contributed by atoms with Crippen molar-refractivity contribution in [3.8, 4) is 0 Å². The molecule has 0 radical (unpaired) electrons. The summed E-state index contributed by atoms with van der Waals surface area (Å²) >= 11 is 0. The van der Waals surface area contributed by atoms with Crippen LogP contribution in [0.4, 0.5) is 5.82 Å². The van der Waals surface area contributed by atoms with Crippen molar-refractivity contribution in [3.63, 3.8) is 0 Å². The zero-order valence-electron chi connectivity index (χ0n) is 13.3. The molecule has 1 atom stereocenters. The lowest BCUT2D eigenvalue weighted by molar-refractivity contribution is -0.124. The van der Waals surface area contributed by atoms with Crippen LogP contribution in [0, 0.1) is 12.8 Å². The van der Waals surface area contributed by atoms with Gasteiger partial charge < -0.3 is 15.5 Å². The van der Waals surface area contributed by atoms with E-state index in [9.17, 15) is 4.79 Å². The van der Waals surface area contributed by atoms with E-state index in [2.05, 4.69) is 40.4 Å². The molecule has 1 unspecified atom stereocenters. The average Bonchev–Trinajstić information content (AvgIpc) is 2.52. The van der Waals surface area contributed by atoms with Crippen molar-refractivity contribution in [3.05, 3.63) is 23.4 Å². The highest BCUT2D eigenvalue weighted by molar-refractivity contribution is 5.79. The SMILES string of the molecule is CCNCc1cnc(N2CCCC(C(=O)NC)C2)c(C)c1. The molecule has 1 saturated heterocycles. The number of hydrogen-bond donors (Lipinski definition) is 2. The fourth-order valence-corrected chi connectivity index (χ4v) is 2.91. The molecule has 2 heterocycles. The number of carbonyl (C=O) groups excluding carboxylic acids is 1. The predicted octanol–water partition coefficient (Wildman–Crippen LogP) is 1.46. The summed E-state index contributed by atoms with van der Waals surface area (Å²) in [6.07, 6.45) is 3.95. The van der Waals surface area contributed by atoms with Gasteiger partial charge in [0, 0.05) is 32.9 Å². The molecule has 0 aromatic carbocycles. The molecule has 21 heavy (non-hydrogen) atoms. The number of amides is 1. The van der Waals surface area contributed by atoms with Crippen molar-refractivity contribution < 1.29 is 4.79 Å². The van der Waals surface area contributed by atoms with Gasteiger partial charge in [0.15, 0.2) is 0 Å². The second kappa shape index (κ2) is 7.41. The standard InChI is InChI=1S/C16H26N4O/c1-4-18-9-13-8-12(2)15(19-10-13)20-7-5-6-14(11-20)16(21)17-3/h8,10,14,18H,4-7,9,11H2,1-3H3,(H,17,21). The number of nitrogens with zero attached hydrogens (tertiary/aromatic N) is 2. The van der Waals surface area contributed by atoms with Crippen LogP contribution in [-0.2, 0) is 11.3 Å². The highest BCUT2D eigenvalue weighted by atomic mass is 16.1. The van der Waals surface area contributed by atoms with Gasteiger partial charge in [0.2, 0.25) is 5.91 Å². The Morgan fingerprint density at radius 3 is 3.00 bits per heavy atom. The second-order valence-corrected chi connectivity index (χ2v) is 5.66. The summed E-state index contributed by atoms with van der Waals surface area (Å²) in [4.78, 5) is 18.7. The van der Waals surface area contributed by atoms with E-state index in [4.69, 9.17) is 0 Å². The molecule has 2 N–H and O–H groups in total. The Bertz CT molecular complexity index is 489. The first kappa shape index (κ1) is 15.8. The lowest BCUT2D eigenvalue weighted by atomic mass is 9.97. The fraction of sp³-hybridized carbons (Fsp3) is 0.625. The molecular formula is C16H26N4O. The molecule has 116 valence electrons. The number of piperidine rings is 1. The van der Waals surface area contributed by atoms with Crippen LogP contribution in [0.3, 0.4) is 0 Å². The maximum Gasteiger partial charge on any atom is 0.224 e. The van der Waals surface area contributed by atoms with Gasteiger partial charge in [-0.05, 0) is 43.5 Å². The highest BCUT2D eigenvalue weighted by Crippen LogP contribution is 2.24. The molecule has 5 heteroatoms. The first-order valence-electron chi connectivity index (χ1n) is 7.78. The van der Waals surface area contributed by atoms with Crippen LogP contribution >= 0.6 is 0 Å². The Labute approximate surface area is 127 Å². The Morgan fingerprint density at radius 2 is 2.33 bits per heavy atom. The topological polar surface area (TPSA) is 57.3 Å². The van der Waals surface area contributed by atoms with E-state index in [0.29, 0.717) is 0 Å². The lowest BCUT2D eigenvalue weighted by Gasteiger charge is -2.33. The van der Waals surface area contributed by atoms with E-state index in [0.717, 1.165) is 44.8 Å². The smallest absolute Gasteiger partial charge is 0.224 e. The van der Waals surface area contributed by atoms with Gasteiger partial charge in [-0.15, -0.1) is 0 Å². The minimum atomic E-state index is 0.0754. The van der Waals surface area contributed by atoms with E-state index in [1.165, 1.54) is 11.1 Å². The molecule has 2 rings (SSSR count). The maximum absolute atomic E-state index is 11.8. The van der Waals surface area contributed by atoms with E-state index >= 15 is 0 Å². The van der Waals surface area contributed by atoms with Crippen LogP contribution in [-0.4, -0.2) is 37.6 Å². The molecule has 0 aliphatic carbocycles. The van der Waals surface area contributed by atoms with Gasteiger partial charge in [0.1, 0.15) is 5.82 Å². The molecule has 1 amide bonds. The van der Waals surface area contributed by atoms with E-state index < -0.39 is 0 Å². The Kier molecular flexibility index (Phi) is 5.56. The molecule has 5 nitrogen and oxygen atoms in total. The van der Waals surface area contributed by atoms with Crippen molar-refractivity contribution >= 4 is 11.7 Å². The third kappa shape index (κ3) is 3.94. The number of pyridine rings is 1. The van der Waals surface area contributed by atoms with E-state index in [1.54, 1.807) is 7.05 Å². The first-order valence-corrected chi connectivity index (χ1v) is 7.78. The van der Waals surface area contributed by atoms with Gasteiger partial charge in [0.25, 0.3) is 0 Å². The molecule has 0 bridgehead atoms. The summed E-state index contributed by atoms with van der Waals surface area (Å²) in [5.74, 6) is 1.23. The van der Waals surface area contributed by atoms with Crippen molar-refractivity contribution in [1.82, 2.24) is 15.6 Å². The van der Waals surface area contributed by atoms with Gasteiger partial charge in [-0.1, -0.05) is 6.92 Å². The molecule has 1 aliphatic rings. The van der Waals surface area contributed by atoms with E-state index in [1.807, 2.05) is 6.20 Å². The zero-order valence-corrected chi connectivity index (χ0v) is 13.3. The van der Waals surface area contributed by atoms with E-state index in [-0.39, 0.29) is 11.8 Å². The number of carbonyl (C=O) groups is 1. The normalized spacial score (nSPS) is 18.6. The maximum atomic E-state index is 11.8. The average molecular weight is 290 g/mol. The molecule has 0 spiro atoms. The molecule has 1 fully saturated rings. The van der Waals surface area contributed by atoms with Crippen LogP contribution in [0.5, 0.6) is 0 Å². The minimum Gasteiger partial charge on any atom is -0.359 e. The molecule has 1 aliphatic heterocycles. The van der Waals surface area contributed by atoms with Crippen LogP contribution in [0.1, 0.15) is 30.9 Å². The summed E-state index contributed by atoms with van der Waals surface area (Å²) in [5, 5.41) is 6.07. The fourth-order valence-electron chi connectivity index (χ4n) is 2.91. The molecule has 1 aromatic rings. The summed E-state index contributed by atoms with van der Waals surface area (Å²) in [6, 6.07) is 2.19. The van der Waals surface area contributed by atoms with Gasteiger partial charge in [0.05, 0.1) is 5.92 Å². The minimum absolute atomic E-state index is 0.0754. The zero-order chi connectivity index (χ0) is 15.2. The first-order chi connectivity index (χ1) is 10.2. The van der Waals surface area contributed by atoms with Crippen molar-refractivity contribution in [2.24, 2.45) is 5.92 Å². The number of anilines is 1. The van der Waals surface area contributed by atoms with Crippen molar-refractivity contribution in [2.75, 3.05) is 31.6 Å². The molecular weight excluding hydrogens is 264 g/mol. The largest absolute Gasteiger partial charge is 0.359 e. The van der Waals surface area contributed by atoms with Gasteiger partial charge in [-0.25, -0.2) is 4.98 Å². The number of aryl methyl sites for hydroxylation is 1. The van der Waals surface area contributed by atoms with Crippen LogP contribution in [0.2, 0.25) is 0 Å². The number of nitrogens with one attached hydrogen (secondary N) is 2. The Balaban J connectivity index is 2.08. The van der Waals surface area contributed by atoms with Gasteiger partial charge in [-0.2, -0.15) is 0 Å². The summed E-state index contributed by atoms with van der Waals surface area (Å²) in [7, 11) is 1.71. The third-order valence-corrected chi connectivity index (χ3v) is 4.02. The van der Waals surface area contributed by atoms with Crippen LogP contribution < -0.4 is 15.5 Å². The quantitative estimate of drug-likeness (QED) is 0.862. The summed E-state index contributed by atoms with van der Waals surface area (Å²) < 4.78 is 0. The second-order valence-electron chi connectivity index (χ2n) is 5.66. The third-order valence-electron chi connectivity index (χ3n) is 4.02. The van der Waals surface area contributed by atoms with Crippen molar-refractivity contribution in [1.29, 1.82) is 0 Å². The number of aromatic nitrogens is 1. The summed E-state index contributed by atoms with van der Waals surface area (Å²) in [5.41, 5.74) is 2.39. The van der Waals surface area contributed by atoms with Gasteiger partial charge >= 0.3 is 0 Å². The molecule has 0 saturated carbocycles. The molecule has 1 aromatic heterocycles. The number of hydrogen-bond acceptors (Lipinski definition) is 4. The van der Waals surface area contributed by atoms with Gasteiger partial charge in [-0.3, -0.25) is 4.79 Å². The van der Waals surface area contributed by atoms with Crippen LogP contribution in [0.15, 0.2) is 12.3 Å². The Hall–Kier alpha value is -1.62. The lowest BCUT2D eigenvalue weighted by Crippen LogP contribution is -2.42. The highest BCUT2D eigenvalue weighted by Gasteiger charge is 2.26. The predicted molar refractivity (Wildman–Crippen MR) is 85.4 cm³/mol. The van der Waals surface area contributed by atoms with Crippen molar-refractivity contribution in [2.45, 2.75) is 33.2 Å². The Morgan fingerprint density at radius 1 is 1.52 bits per heavy atom. The van der Waals surface area contributed by atoms with Crippen LogP contribution in [0.25, 0.3) is 0 Å². The number of rotatable bonds is 5.